The van der Waals surface area contributed by atoms with E-state index in [2.05, 4.69) is 4.72 Å². The highest BCUT2D eigenvalue weighted by Gasteiger charge is 2.38. The summed E-state index contributed by atoms with van der Waals surface area (Å²) < 4.78 is 30.9. The number of rotatable bonds is 6. The Balaban J connectivity index is 1.72. The molecule has 1 saturated heterocycles. The minimum absolute atomic E-state index is 0.00138. The lowest BCUT2D eigenvalue weighted by Gasteiger charge is -2.28. The molecule has 3 aromatic rings. The molecule has 31 heavy (non-hydrogen) atoms. The number of aliphatic hydroxyl groups is 2. The van der Waals surface area contributed by atoms with Gasteiger partial charge in [-0.1, -0.05) is 26.0 Å². The molecule has 1 aromatic heterocycles. The topological polar surface area (TPSA) is 127 Å². The molecule has 4 N–H and O–H groups in total. The third kappa shape index (κ3) is 4.13. The molecule has 1 aliphatic heterocycles. The number of fused-ring (bicyclic) bond motifs is 3. The standard InChI is InChI=1S/C20H22N2O6S3/c1-11(2)18(19(23)24)21-31(27,28)13-4-6-15-14-5-3-12(9-16(14)30-17(15)10-13)22-20(25,26)7-8-29-22/h3-6,9-11,18,21,25-26H,7-8H2,1-2H3,(H,23,24)/t18-/m0/s1. The fourth-order valence-corrected chi connectivity index (χ4v) is 7.23. The number of hydrogen-bond donors (Lipinski definition) is 4. The Kier molecular flexibility index (Phi) is 5.69. The summed E-state index contributed by atoms with van der Waals surface area (Å²) in [6.07, 6.45) is 0.240. The summed E-state index contributed by atoms with van der Waals surface area (Å²) in [5.74, 6) is -2.94. The van der Waals surface area contributed by atoms with Crippen LogP contribution in [0.3, 0.4) is 0 Å². The van der Waals surface area contributed by atoms with Crippen LogP contribution in [0.5, 0.6) is 0 Å². The molecule has 0 aliphatic carbocycles. The number of sulfonamides is 1. The molecule has 0 unspecified atom stereocenters. The number of nitrogens with one attached hydrogen (secondary N) is 1. The summed E-state index contributed by atoms with van der Waals surface area (Å²) in [5.41, 5.74) is 0.655. The van der Waals surface area contributed by atoms with Crippen LogP contribution in [0.4, 0.5) is 5.69 Å². The molecule has 0 saturated carbocycles. The number of carboxylic acids is 1. The van der Waals surface area contributed by atoms with Gasteiger partial charge in [-0.25, -0.2) is 8.42 Å². The van der Waals surface area contributed by atoms with E-state index < -0.39 is 33.9 Å². The van der Waals surface area contributed by atoms with Gasteiger partial charge < -0.3 is 15.3 Å². The van der Waals surface area contributed by atoms with E-state index in [1.165, 1.54) is 39.7 Å². The van der Waals surface area contributed by atoms with Crippen molar-refractivity contribution in [1.82, 2.24) is 4.72 Å². The number of benzene rings is 2. The largest absolute Gasteiger partial charge is 0.480 e. The van der Waals surface area contributed by atoms with Gasteiger partial charge in [-0.3, -0.25) is 9.10 Å². The first-order valence-corrected chi connectivity index (χ1v) is 12.8. The first kappa shape index (κ1) is 22.3. The second-order valence-electron chi connectivity index (χ2n) is 7.77. The normalized spacial score (nSPS) is 17.6. The number of anilines is 1. The molecular formula is C20H22N2O6S3. The third-order valence-electron chi connectivity index (χ3n) is 5.17. The highest BCUT2D eigenvalue weighted by atomic mass is 32.2. The first-order chi connectivity index (χ1) is 14.5. The van der Waals surface area contributed by atoms with Gasteiger partial charge in [-0.05, 0) is 42.1 Å². The van der Waals surface area contributed by atoms with Crippen molar-refractivity contribution in [2.45, 2.75) is 37.1 Å². The van der Waals surface area contributed by atoms with Gasteiger partial charge in [0, 0.05) is 32.3 Å². The molecule has 0 radical (unpaired) electrons. The van der Waals surface area contributed by atoms with Crippen molar-refractivity contribution in [3.63, 3.8) is 0 Å². The van der Waals surface area contributed by atoms with E-state index in [1.54, 1.807) is 26.0 Å². The average molecular weight is 483 g/mol. The van der Waals surface area contributed by atoms with Crippen molar-refractivity contribution in [1.29, 1.82) is 0 Å². The fourth-order valence-electron chi connectivity index (χ4n) is 3.51. The van der Waals surface area contributed by atoms with E-state index in [4.69, 9.17) is 0 Å². The Labute approximate surface area is 187 Å². The number of carbonyl (C=O) groups is 1. The lowest BCUT2D eigenvalue weighted by Crippen LogP contribution is -2.44. The molecule has 2 aromatic carbocycles. The van der Waals surface area contributed by atoms with Gasteiger partial charge in [0.15, 0.2) is 0 Å². The van der Waals surface area contributed by atoms with Crippen molar-refractivity contribution in [3.05, 3.63) is 36.4 Å². The van der Waals surface area contributed by atoms with E-state index in [9.17, 15) is 28.5 Å². The monoisotopic (exact) mass is 482 g/mol. The molecule has 0 spiro atoms. The smallest absolute Gasteiger partial charge is 0.322 e. The van der Waals surface area contributed by atoms with Crippen molar-refractivity contribution in [2.24, 2.45) is 5.92 Å². The molecular weight excluding hydrogens is 460 g/mol. The van der Waals surface area contributed by atoms with Crippen LogP contribution in [0.15, 0.2) is 41.3 Å². The van der Waals surface area contributed by atoms with Crippen LogP contribution in [0.2, 0.25) is 0 Å². The molecule has 2 heterocycles. The summed E-state index contributed by atoms with van der Waals surface area (Å²) in [7, 11) is -4.02. The maximum absolute atomic E-state index is 12.8. The first-order valence-electron chi connectivity index (χ1n) is 9.59. The Morgan fingerprint density at radius 3 is 2.35 bits per heavy atom. The van der Waals surface area contributed by atoms with Gasteiger partial charge in [0.25, 0.3) is 5.91 Å². The van der Waals surface area contributed by atoms with Gasteiger partial charge in [-0.2, -0.15) is 4.72 Å². The number of nitrogens with zero attached hydrogens (tertiary/aromatic N) is 1. The second kappa shape index (κ2) is 7.91. The second-order valence-corrected chi connectivity index (χ2v) is 11.6. The van der Waals surface area contributed by atoms with Gasteiger partial charge in [0.05, 0.1) is 10.6 Å². The lowest BCUT2D eigenvalue weighted by atomic mass is 10.1. The van der Waals surface area contributed by atoms with Crippen LogP contribution in [-0.2, 0) is 14.8 Å². The molecule has 8 nitrogen and oxygen atoms in total. The van der Waals surface area contributed by atoms with Crippen LogP contribution >= 0.6 is 23.3 Å². The van der Waals surface area contributed by atoms with Crippen molar-refractivity contribution in [3.8, 4) is 0 Å². The summed E-state index contributed by atoms with van der Waals surface area (Å²) in [4.78, 5) is 11.4. The summed E-state index contributed by atoms with van der Waals surface area (Å²) >= 11 is 2.73. The van der Waals surface area contributed by atoms with Crippen molar-refractivity contribution >= 4 is 65.1 Å². The Bertz CT molecular complexity index is 1270. The van der Waals surface area contributed by atoms with Gasteiger partial charge >= 0.3 is 5.97 Å². The van der Waals surface area contributed by atoms with Crippen molar-refractivity contribution in [2.75, 3.05) is 10.1 Å². The van der Waals surface area contributed by atoms with Gasteiger partial charge in [-0.15, -0.1) is 11.3 Å². The van der Waals surface area contributed by atoms with E-state index in [-0.39, 0.29) is 11.3 Å². The number of carboxylic acid groups (broad SMARTS) is 1. The highest BCUT2D eigenvalue weighted by molar-refractivity contribution is 8.01. The van der Waals surface area contributed by atoms with Crippen LogP contribution in [0.1, 0.15) is 20.3 Å². The number of hydrogen-bond acceptors (Lipinski definition) is 8. The van der Waals surface area contributed by atoms with E-state index in [0.29, 0.717) is 11.4 Å². The molecule has 1 atom stereocenters. The highest BCUT2D eigenvalue weighted by Crippen LogP contribution is 2.42. The van der Waals surface area contributed by atoms with Crippen LogP contribution < -0.4 is 9.03 Å². The van der Waals surface area contributed by atoms with Crippen molar-refractivity contribution < 1.29 is 28.5 Å². The average Bonchev–Trinajstić information content (AvgIpc) is 3.23. The molecule has 166 valence electrons. The van der Waals surface area contributed by atoms with Crippen LogP contribution in [0, 0.1) is 5.92 Å². The fraction of sp³-hybridized carbons (Fsp3) is 0.350. The summed E-state index contributed by atoms with van der Waals surface area (Å²) in [5, 5.41) is 31.4. The zero-order valence-electron chi connectivity index (χ0n) is 16.8. The Hall–Kier alpha value is -1.89. The minimum Gasteiger partial charge on any atom is -0.480 e. The Morgan fingerprint density at radius 2 is 1.77 bits per heavy atom. The predicted molar refractivity (Wildman–Crippen MR) is 123 cm³/mol. The zero-order valence-corrected chi connectivity index (χ0v) is 19.2. The molecule has 0 amide bonds. The zero-order chi connectivity index (χ0) is 22.6. The molecule has 4 rings (SSSR count). The van der Waals surface area contributed by atoms with Crippen LogP contribution in [0.25, 0.3) is 20.2 Å². The molecule has 0 bridgehead atoms. The maximum atomic E-state index is 12.8. The number of aliphatic carboxylic acids is 1. The molecule has 1 aliphatic rings. The summed E-state index contributed by atoms with van der Waals surface area (Å²) in [6, 6.07) is 9.03. The van der Waals surface area contributed by atoms with E-state index in [1.807, 2.05) is 12.1 Å². The maximum Gasteiger partial charge on any atom is 0.322 e. The summed E-state index contributed by atoms with van der Waals surface area (Å²) in [6.45, 7) is 3.28. The molecule has 11 heteroatoms. The molecule has 1 fully saturated rings. The lowest BCUT2D eigenvalue weighted by molar-refractivity contribution is -0.144. The van der Waals surface area contributed by atoms with Gasteiger partial charge in [0.1, 0.15) is 6.04 Å². The SMILES string of the molecule is CC(C)[C@H](NS(=O)(=O)c1ccc2c(c1)sc1cc(N3SCCC3(O)O)ccc12)C(=O)O. The quantitative estimate of drug-likeness (QED) is 0.312. The van der Waals surface area contributed by atoms with Gasteiger partial charge in [0.2, 0.25) is 10.0 Å². The third-order valence-corrected chi connectivity index (χ3v) is 8.87. The minimum atomic E-state index is -4.02. The predicted octanol–water partition coefficient (Wildman–Crippen LogP) is 2.94. The Morgan fingerprint density at radius 1 is 1.13 bits per heavy atom. The number of thiophene rings is 1. The van der Waals surface area contributed by atoms with E-state index in [0.717, 1.165) is 20.2 Å². The van der Waals surface area contributed by atoms with Crippen LogP contribution in [-0.4, -0.2) is 47.4 Å². The van der Waals surface area contributed by atoms with E-state index >= 15 is 0 Å².